The lowest BCUT2D eigenvalue weighted by Crippen LogP contribution is -2.44. The van der Waals surface area contributed by atoms with Crippen LogP contribution in [0.3, 0.4) is 0 Å². The summed E-state index contributed by atoms with van der Waals surface area (Å²) in [5.41, 5.74) is 3.94. The number of hydrogen-bond donors (Lipinski definition) is 2. The Morgan fingerprint density at radius 3 is 2.33 bits per heavy atom. The van der Waals surface area contributed by atoms with Gasteiger partial charge in [0.05, 0.1) is 28.0 Å². The zero-order valence-electron chi connectivity index (χ0n) is 16.9. The van der Waals surface area contributed by atoms with Gasteiger partial charge in [-0.05, 0) is 44.5 Å². The molecule has 1 heterocycles. The van der Waals surface area contributed by atoms with Gasteiger partial charge in [0.1, 0.15) is 0 Å². The molecule has 0 aliphatic carbocycles. The number of fused-ring (bicyclic) bond motifs is 1. The number of ether oxygens (including phenoxy) is 1. The van der Waals surface area contributed by atoms with E-state index in [0.29, 0.717) is 11.0 Å². The predicted molar refractivity (Wildman–Crippen MR) is 111 cm³/mol. The fraction of sp³-hybridized carbons (Fsp3) is 0.227. The second-order valence-electron chi connectivity index (χ2n) is 6.80. The number of amides is 3. The van der Waals surface area contributed by atoms with Gasteiger partial charge in [0, 0.05) is 6.54 Å². The van der Waals surface area contributed by atoms with Crippen molar-refractivity contribution >= 4 is 28.9 Å². The van der Waals surface area contributed by atoms with Gasteiger partial charge < -0.3 is 10.1 Å². The van der Waals surface area contributed by atoms with Crippen LogP contribution in [-0.2, 0) is 16.1 Å². The highest BCUT2D eigenvalue weighted by Crippen LogP contribution is 2.15. The van der Waals surface area contributed by atoms with E-state index in [2.05, 4.69) is 20.6 Å². The van der Waals surface area contributed by atoms with Crippen molar-refractivity contribution in [3.05, 3.63) is 71.0 Å². The number of urea groups is 1. The minimum absolute atomic E-state index is 0.244. The molecule has 2 aromatic carbocycles. The molecule has 0 aliphatic heterocycles. The second-order valence-corrected chi connectivity index (χ2v) is 6.80. The number of nitrogens with one attached hydrogen (secondary N) is 2. The Balaban J connectivity index is 1.56. The largest absolute Gasteiger partial charge is 0.449 e. The third-order valence-corrected chi connectivity index (χ3v) is 4.50. The van der Waals surface area contributed by atoms with Crippen molar-refractivity contribution < 1.29 is 19.1 Å². The van der Waals surface area contributed by atoms with Gasteiger partial charge in [-0.15, -0.1) is 0 Å². The van der Waals surface area contributed by atoms with E-state index in [1.54, 1.807) is 18.2 Å². The van der Waals surface area contributed by atoms with E-state index in [1.807, 2.05) is 44.2 Å². The maximum absolute atomic E-state index is 12.4. The molecule has 0 fully saturated rings. The molecule has 2 N–H and O–H groups in total. The number of imide groups is 1. The lowest BCUT2D eigenvalue weighted by Gasteiger charge is -2.13. The van der Waals surface area contributed by atoms with Gasteiger partial charge in [0.15, 0.2) is 6.10 Å². The molecule has 30 heavy (non-hydrogen) atoms. The Morgan fingerprint density at radius 2 is 1.63 bits per heavy atom. The van der Waals surface area contributed by atoms with Gasteiger partial charge in [-0.3, -0.25) is 10.1 Å². The summed E-state index contributed by atoms with van der Waals surface area (Å²) in [5, 5.41) is 4.73. The van der Waals surface area contributed by atoms with Gasteiger partial charge >= 0.3 is 12.0 Å². The van der Waals surface area contributed by atoms with E-state index in [1.165, 1.54) is 6.92 Å². The van der Waals surface area contributed by atoms with E-state index in [0.717, 1.165) is 17.0 Å². The van der Waals surface area contributed by atoms with Crippen molar-refractivity contribution in [2.24, 2.45) is 0 Å². The summed E-state index contributed by atoms with van der Waals surface area (Å²) < 4.78 is 5.19. The van der Waals surface area contributed by atoms with Crippen molar-refractivity contribution in [1.82, 2.24) is 20.6 Å². The third-order valence-electron chi connectivity index (χ3n) is 4.50. The Labute approximate surface area is 173 Å². The van der Waals surface area contributed by atoms with Crippen LogP contribution >= 0.6 is 0 Å². The highest BCUT2D eigenvalue weighted by molar-refractivity contribution is 5.99. The summed E-state index contributed by atoms with van der Waals surface area (Å²) in [7, 11) is 0. The van der Waals surface area contributed by atoms with Crippen LogP contribution in [0, 0.1) is 13.8 Å². The number of hydrogen-bond acceptors (Lipinski definition) is 6. The number of aryl methyl sites for hydroxylation is 2. The first-order chi connectivity index (χ1) is 14.3. The summed E-state index contributed by atoms with van der Waals surface area (Å²) in [6.07, 6.45) is -1.15. The van der Waals surface area contributed by atoms with Crippen molar-refractivity contribution in [3.8, 4) is 0 Å². The van der Waals surface area contributed by atoms with Gasteiger partial charge in [-0.25, -0.2) is 19.6 Å². The number of nitrogens with zero attached hydrogens (tertiary/aromatic N) is 2. The first-order valence-corrected chi connectivity index (χ1v) is 9.42. The average Bonchev–Trinajstić information content (AvgIpc) is 2.73. The van der Waals surface area contributed by atoms with Gasteiger partial charge in [0.25, 0.3) is 5.91 Å². The molecule has 0 bridgehead atoms. The molecule has 0 saturated heterocycles. The van der Waals surface area contributed by atoms with Crippen molar-refractivity contribution in [2.75, 3.05) is 0 Å². The van der Waals surface area contributed by atoms with Gasteiger partial charge in [-0.1, -0.05) is 30.3 Å². The lowest BCUT2D eigenvalue weighted by atomic mass is 10.2. The molecule has 154 valence electrons. The third kappa shape index (κ3) is 5.16. The Morgan fingerprint density at radius 1 is 0.967 bits per heavy atom. The van der Waals surface area contributed by atoms with Crippen LogP contribution in [0.2, 0.25) is 0 Å². The molecule has 1 atom stereocenters. The topological polar surface area (TPSA) is 110 Å². The Kier molecular flexibility index (Phi) is 6.36. The van der Waals surface area contributed by atoms with E-state index in [4.69, 9.17) is 4.74 Å². The lowest BCUT2D eigenvalue weighted by molar-refractivity contribution is -0.127. The number of esters is 1. The van der Waals surface area contributed by atoms with E-state index in [-0.39, 0.29) is 12.1 Å². The molecule has 0 unspecified atom stereocenters. The van der Waals surface area contributed by atoms with Crippen molar-refractivity contribution in [2.45, 2.75) is 33.4 Å². The molecule has 3 rings (SSSR count). The molecule has 3 amide bonds. The number of aromatic nitrogens is 2. The zero-order valence-corrected chi connectivity index (χ0v) is 16.9. The summed E-state index contributed by atoms with van der Waals surface area (Å²) in [6, 6.07) is 13.4. The molecule has 3 aromatic rings. The molecule has 0 saturated carbocycles. The minimum atomic E-state index is -1.15. The van der Waals surface area contributed by atoms with Crippen molar-refractivity contribution in [1.29, 1.82) is 0 Å². The SMILES string of the molecule is Cc1nc2ccc(C(=O)O[C@@H](C)C(=O)NC(=O)NCc3ccccc3)cc2nc1C. The number of rotatable bonds is 5. The number of benzene rings is 2. The van der Waals surface area contributed by atoms with Crippen LogP contribution in [0.25, 0.3) is 11.0 Å². The zero-order chi connectivity index (χ0) is 21.7. The standard InChI is InChI=1S/C22H22N4O4/c1-13-14(2)25-19-11-17(9-10-18(19)24-13)21(28)30-15(3)20(27)26-22(29)23-12-16-7-5-4-6-8-16/h4-11,15H,12H2,1-3H3,(H2,23,26,27,29)/t15-/m0/s1. The molecule has 0 spiro atoms. The first kappa shape index (κ1) is 20.9. The van der Waals surface area contributed by atoms with Crippen LogP contribution < -0.4 is 10.6 Å². The van der Waals surface area contributed by atoms with Crippen LogP contribution in [0.5, 0.6) is 0 Å². The Hall–Kier alpha value is -3.81. The van der Waals surface area contributed by atoms with Gasteiger partial charge in [0.2, 0.25) is 0 Å². The highest BCUT2D eigenvalue weighted by atomic mass is 16.5. The van der Waals surface area contributed by atoms with E-state index >= 15 is 0 Å². The van der Waals surface area contributed by atoms with E-state index in [9.17, 15) is 14.4 Å². The summed E-state index contributed by atoms with van der Waals surface area (Å²) in [5.74, 6) is -1.41. The monoisotopic (exact) mass is 406 g/mol. The molecule has 8 nitrogen and oxygen atoms in total. The second kappa shape index (κ2) is 9.13. The minimum Gasteiger partial charge on any atom is -0.449 e. The number of carbonyl (C=O) groups excluding carboxylic acids is 3. The molecule has 0 radical (unpaired) electrons. The molecule has 1 aromatic heterocycles. The predicted octanol–water partition coefficient (Wildman–Crippen LogP) is 2.82. The molecule has 8 heteroatoms. The van der Waals surface area contributed by atoms with Gasteiger partial charge in [-0.2, -0.15) is 0 Å². The maximum atomic E-state index is 12.4. The normalized spacial score (nSPS) is 11.6. The average molecular weight is 406 g/mol. The summed E-state index contributed by atoms with van der Waals surface area (Å²) in [6.45, 7) is 5.36. The molecule has 0 aliphatic rings. The summed E-state index contributed by atoms with van der Waals surface area (Å²) >= 11 is 0. The van der Waals surface area contributed by atoms with E-state index < -0.39 is 24.0 Å². The Bertz CT molecular complexity index is 1100. The first-order valence-electron chi connectivity index (χ1n) is 9.42. The van der Waals surface area contributed by atoms with Crippen molar-refractivity contribution in [3.63, 3.8) is 0 Å². The summed E-state index contributed by atoms with van der Waals surface area (Å²) in [4.78, 5) is 45.3. The molecular weight excluding hydrogens is 384 g/mol. The molecular formula is C22H22N4O4. The maximum Gasteiger partial charge on any atom is 0.338 e. The van der Waals surface area contributed by atoms with Crippen LogP contribution in [-0.4, -0.2) is 34.0 Å². The van der Waals surface area contributed by atoms with Crippen LogP contribution in [0.4, 0.5) is 4.79 Å². The van der Waals surface area contributed by atoms with Crippen LogP contribution in [0.15, 0.2) is 48.5 Å². The smallest absolute Gasteiger partial charge is 0.338 e. The quantitative estimate of drug-likeness (QED) is 0.631. The fourth-order valence-electron chi connectivity index (χ4n) is 2.68. The number of carbonyl (C=O) groups is 3. The highest BCUT2D eigenvalue weighted by Gasteiger charge is 2.21. The van der Waals surface area contributed by atoms with Crippen LogP contribution in [0.1, 0.15) is 34.2 Å². The fourth-order valence-corrected chi connectivity index (χ4v) is 2.68.